The van der Waals surface area contributed by atoms with E-state index in [4.69, 9.17) is 0 Å². The number of urea groups is 1. The zero-order chi connectivity index (χ0) is 16.3. The van der Waals surface area contributed by atoms with Crippen molar-refractivity contribution in [3.8, 4) is 0 Å². The van der Waals surface area contributed by atoms with Crippen molar-refractivity contribution in [1.82, 2.24) is 5.32 Å². The number of sulfonamides is 1. The van der Waals surface area contributed by atoms with E-state index in [-0.39, 0.29) is 10.9 Å². The fourth-order valence-electron chi connectivity index (χ4n) is 2.40. The highest BCUT2D eigenvalue weighted by molar-refractivity contribution is 7.92. The van der Waals surface area contributed by atoms with Gasteiger partial charge in [-0.2, -0.15) is 0 Å². The molecule has 1 aliphatic rings. The van der Waals surface area contributed by atoms with Gasteiger partial charge in [-0.15, -0.1) is 0 Å². The van der Waals surface area contributed by atoms with E-state index >= 15 is 0 Å². The van der Waals surface area contributed by atoms with Crippen LogP contribution in [-0.4, -0.2) is 27.5 Å². The van der Waals surface area contributed by atoms with Crippen LogP contribution in [0.15, 0.2) is 59.5 Å². The summed E-state index contributed by atoms with van der Waals surface area (Å²) in [6, 6.07) is 14.8. The number of anilines is 2. The summed E-state index contributed by atoms with van der Waals surface area (Å²) < 4.78 is 27.0. The van der Waals surface area contributed by atoms with Crippen molar-refractivity contribution in [2.45, 2.75) is 11.3 Å². The maximum atomic E-state index is 12.3. The fourth-order valence-corrected chi connectivity index (χ4v) is 3.48. The van der Waals surface area contributed by atoms with E-state index in [1.165, 1.54) is 12.1 Å². The number of hydrogen-bond donors (Lipinski definition) is 2. The Morgan fingerprint density at radius 1 is 1.00 bits per heavy atom. The lowest BCUT2D eigenvalue weighted by atomic mass is 10.2. The standard InChI is InChI=1S/C16H17N3O3S/c20-16-17-11-4-12-19(16)14-9-7-13(8-10-14)18-23(21,22)15-5-2-1-3-6-15/h1-3,5-10,18H,4,11-12H2,(H,17,20). The number of benzene rings is 2. The number of nitrogens with one attached hydrogen (secondary N) is 2. The Morgan fingerprint density at radius 2 is 1.70 bits per heavy atom. The maximum Gasteiger partial charge on any atom is 0.321 e. The van der Waals surface area contributed by atoms with Gasteiger partial charge in [0.2, 0.25) is 0 Å². The lowest BCUT2D eigenvalue weighted by Crippen LogP contribution is -2.46. The minimum Gasteiger partial charge on any atom is -0.338 e. The third-order valence-corrected chi connectivity index (χ3v) is 4.96. The molecule has 0 spiro atoms. The first-order chi connectivity index (χ1) is 11.1. The summed E-state index contributed by atoms with van der Waals surface area (Å²) in [7, 11) is -3.60. The molecule has 0 bridgehead atoms. The smallest absolute Gasteiger partial charge is 0.321 e. The van der Waals surface area contributed by atoms with Gasteiger partial charge in [0.15, 0.2) is 0 Å². The number of nitrogens with zero attached hydrogens (tertiary/aromatic N) is 1. The summed E-state index contributed by atoms with van der Waals surface area (Å²) in [5, 5.41) is 2.78. The van der Waals surface area contributed by atoms with Gasteiger partial charge in [-0.3, -0.25) is 9.62 Å². The molecule has 0 atom stereocenters. The molecule has 2 aromatic carbocycles. The molecule has 2 N–H and O–H groups in total. The van der Waals surface area contributed by atoms with Crippen LogP contribution in [0.3, 0.4) is 0 Å². The van der Waals surface area contributed by atoms with Crippen LogP contribution in [0.2, 0.25) is 0 Å². The molecule has 1 heterocycles. The van der Waals surface area contributed by atoms with Gasteiger partial charge in [0.25, 0.3) is 10.0 Å². The Bertz CT molecular complexity index is 789. The van der Waals surface area contributed by atoms with Crippen LogP contribution in [0.4, 0.5) is 16.2 Å². The van der Waals surface area contributed by atoms with E-state index < -0.39 is 10.0 Å². The van der Waals surface area contributed by atoms with E-state index in [2.05, 4.69) is 10.0 Å². The molecule has 23 heavy (non-hydrogen) atoms. The Kier molecular flexibility index (Phi) is 4.20. The van der Waals surface area contributed by atoms with Crippen molar-refractivity contribution < 1.29 is 13.2 Å². The Morgan fingerprint density at radius 3 is 2.35 bits per heavy atom. The van der Waals surface area contributed by atoms with Crippen LogP contribution in [0, 0.1) is 0 Å². The molecule has 0 saturated carbocycles. The zero-order valence-corrected chi connectivity index (χ0v) is 13.2. The SMILES string of the molecule is O=C1NCCCN1c1ccc(NS(=O)(=O)c2ccccc2)cc1. The summed E-state index contributed by atoms with van der Waals surface area (Å²) in [6.45, 7) is 1.34. The average Bonchev–Trinajstić information content (AvgIpc) is 2.57. The third kappa shape index (κ3) is 3.45. The van der Waals surface area contributed by atoms with Crippen LogP contribution >= 0.6 is 0 Å². The van der Waals surface area contributed by atoms with Gasteiger partial charge >= 0.3 is 6.03 Å². The van der Waals surface area contributed by atoms with Crippen LogP contribution in [-0.2, 0) is 10.0 Å². The van der Waals surface area contributed by atoms with Gasteiger partial charge in [-0.25, -0.2) is 13.2 Å². The predicted molar refractivity (Wildman–Crippen MR) is 89.1 cm³/mol. The van der Waals surface area contributed by atoms with Crippen LogP contribution in [0.5, 0.6) is 0 Å². The molecule has 0 unspecified atom stereocenters. The van der Waals surface area contributed by atoms with Gasteiger partial charge < -0.3 is 5.32 Å². The Labute approximate surface area is 135 Å². The largest absolute Gasteiger partial charge is 0.338 e. The number of carbonyl (C=O) groups excluding carboxylic acids is 1. The number of rotatable bonds is 4. The van der Waals surface area contributed by atoms with Gasteiger partial charge in [0, 0.05) is 24.5 Å². The normalized spacial score (nSPS) is 15.1. The van der Waals surface area contributed by atoms with Crippen molar-refractivity contribution in [1.29, 1.82) is 0 Å². The summed E-state index contributed by atoms with van der Waals surface area (Å²) in [6.07, 6.45) is 0.883. The van der Waals surface area contributed by atoms with E-state index in [1.807, 2.05) is 0 Å². The predicted octanol–water partition coefficient (Wildman–Crippen LogP) is 2.41. The van der Waals surface area contributed by atoms with Crippen molar-refractivity contribution in [2.24, 2.45) is 0 Å². The number of carbonyl (C=O) groups is 1. The highest BCUT2D eigenvalue weighted by Gasteiger charge is 2.19. The molecule has 0 radical (unpaired) electrons. The molecule has 2 aromatic rings. The van der Waals surface area contributed by atoms with Crippen molar-refractivity contribution in [3.05, 3.63) is 54.6 Å². The molecule has 3 rings (SSSR count). The minimum absolute atomic E-state index is 0.131. The monoisotopic (exact) mass is 331 g/mol. The molecule has 1 saturated heterocycles. The first-order valence-electron chi connectivity index (χ1n) is 7.29. The zero-order valence-electron chi connectivity index (χ0n) is 12.4. The van der Waals surface area contributed by atoms with Gasteiger partial charge in [-0.05, 0) is 42.8 Å². The second-order valence-electron chi connectivity index (χ2n) is 5.20. The van der Waals surface area contributed by atoms with Crippen molar-refractivity contribution in [2.75, 3.05) is 22.7 Å². The summed E-state index contributed by atoms with van der Waals surface area (Å²) >= 11 is 0. The molecule has 0 aliphatic carbocycles. The van der Waals surface area contributed by atoms with Crippen molar-refractivity contribution in [3.63, 3.8) is 0 Å². The van der Waals surface area contributed by atoms with E-state index in [9.17, 15) is 13.2 Å². The fraction of sp³-hybridized carbons (Fsp3) is 0.188. The second-order valence-corrected chi connectivity index (χ2v) is 6.88. The lowest BCUT2D eigenvalue weighted by Gasteiger charge is -2.27. The number of hydrogen-bond acceptors (Lipinski definition) is 3. The topological polar surface area (TPSA) is 78.5 Å². The molecule has 0 aromatic heterocycles. The Balaban J connectivity index is 1.76. The molecular weight excluding hydrogens is 314 g/mol. The quantitative estimate of drug-likeness (QED) is 0.903. The van der Waals surface area contributed by atoms with Crippen LogP contribution in [0.1, 0.15) is 6.42 Å². The summed E-state index contributed by atoms with van der Waals surface area (Å²) in [4.78, 5) is 13.6. The molecule has 1 fully saturated rings. The maximum absolute atomic E-state index is 12.3. The average molecular weight is 331 g/mol. The molecule has 7 heteroatoms. The van der Waals surface area contributed by atoms with E-state index in [1.54, 1.807) is 47.4 Å². The first kappa shape index (κ1) is 15.4. The highest BCUT2D eigenvalue weighted by Crippen LogP contribution is 2.21. The second kappa shape index (κ2) is 6.29. The molecule has 120 valence electrons. The van der Waals surface area contributed by atoms with Crippen LogP contribution in [0.25, 0.3) is 0 Å². The molecular formula is C16H17N3O3S. The number of amides is 2. The minimum atomic E-state index is -3.60. The molecule has 6 nitrogen and oxygen atoms in total. The van der Waals surface area contributed by atoms with E-state index in [0.29, 0.717) is 18.8 Å². The van der Waals surface area contributed by atoms with Crippen molar-refractivity contribution >= 4 is 27.4 Å². The first-order valence-corrected chi connectivity index (χ1v) is 8.78. The summed E-state index contributed by atoms with van der Waals surface area (Å²) in [5.41, 5.74) is 1.19. The van der Waals surface area contributed by atoms with Gasteiger partial charge in [-0.1, -0.05) is 18.2 Å². The van der Waals surface area contributed by atoms with Gasteiger partial charge in [0.05, 0.1) is 4.90 Å². The summed E-state index contributed by atoms with van der Waals surface area (Å²) in [5.74, 6) is 0. The third-order valence-electron chi connectivity index (χ3n) is 3.56. The lowest BCUT2D eigenvalue weighted by molar-refractivity contribution is 0.243. The Hall–Kier alpha value is -2.54. The van der Waals surface area contributed by atoms with Gasteiger partial charge in [0.1, 0.15) is 0 Å². The van der Waals surface area contributed by atoms with Crippen LogP contribution < -0.4 is 14.9 Å². The van der Waals surface area contributed by atoms with E-state index in [0.717, 1.165) is 12.1 Å². The molecule has 2 amide bonds. The highest BCUT2D eigenvalue weighted by atomic mass is 32.2. The molecule has 1 aliphatic heterocycles.